The minimum absolute atomic E-state index is 0.0104. The number of aliphatic hydroxyl groups excluding tert-OH is 3. The zero-order chi connectivity index (χ0) is 9.56. The quantitative estimate of drug-likeness (QED) is 0.416. The van der Waals surface area contributed by atoms with Crippen LogP contribution in [0.15, 0.2) is 0 Å². The Bertz CT molecular complexity index is 136. The molecule has 72 valence electrons. The van der Waals surface area contributed by atoms with Gasteiger partial charge in [-0.1, -0.05) is 0 Å². The van der Waals surface area contributed by atoms with Crippen LogP contribution in [-0.2, 0) is 4.79 Å². The lowest BCUT2D eigenvalue weighted by Crippen LogP contribution is -2.21. The van der Waals surface area contributed by atoms with Gasteiger partial charge in [0.05, 0.1) is 6.10 Å². The van der Waals surface area contributed by atoms with E-state index in [1.165, 1.54) is 0 Å². The predicted molar refractivity (Wildman–Crippen MR) is 40.6 cm³/mol. The van der Waals surface area contributed by atoms with Crippen molar-refractivity contribution in [2.45, 2.75) is 31.5 Å². The molecule has 0 saturated heterocycles. The molecule has 0 aromatic heterocycles. The molecule has 0 aromatic rings. The largest absolute Gasteiger partial charge is 0.479 e. The summed E-state index contributed by atoms with van der Waals surface area (Å²) in [6.07, 6.45) is -1.74. The minimum Gasteiger partial charge on any atom is -0.479 e. The van der Waals surface area contributed by atoms with Crippen LogP contribution in [0.5, 0.6) is 0 Å². The second-order valence-corrected chi connectivity index (χ2v) is 2.60. The van der Waals surface area contributed by atoms with Gasteiger partial charge < -0.3 is 20.4 Å². The summed E-state index contributed by atoms with van der Waals surface area (Å²) in [5.41, 5.74) is 0. The Morgan fingerprint density at radius 1 is 1.17 bits per heavy atom. The molecule has 0 aliphatic heterocycles. The lowest BCUT2D eigenvalue weighted by Gasteiger charge is -2.09. The highest BCUT2D eigenvalue weighted by atomic mass is 16.4. The highest BCUT2D eigenvalue weighted by molar-refractivity contribution is 5.71. The van der Waals surface area contributed by atoms with Crippen molar-refractivity contribution >= 4 is 5.97 Å². The van der Waals surface area contributed by atoms with Gasteiger partial charge in [0.1, 0.15) is 0 Å². The Balaban J connectivity index is 3.46. The summed E-state index contributed by atoms with van der Waals surface area (Å²) in [4.78, 5) is 10.1. The summed E-state index contributed by atoms with van der Waals surface area (Å²) in [5.74, 6) is -1.29. The average molecular weight is 178 g/mol. The molecule has 0 fully saturated rings. The molecule has 0 heterocycles. The molecule has 0 bridgehead atoms. The van der Waals surface area contributed by atoms with Crippen molar-refractivity contribution in [3.63, 3.8) is 0 Å². The van der Waals surface area contributed by atoms with E-state index in [4.69, 9.17) is 20.4 Å². The minimum atomic E-state index is -1.42. The molecule has 5 heteroatoms. The van der Waals surface area contributed by atoms with Gasteiger partial charge in [-0.3, -0.25) is 0 Å². The van der Waals surface area contributed by atoms with E-state index in [1.54, 1.807) is 0 Å². The van der Waals surface area contributed by atoms with E-state index in [1.807, 2.05) is 0 Å². The summed E-state index contributed by atoms with van der Waals surface area (Å²) in [6, 6.07) is 0. The van der Waals surface area contributed by atoms with Gasteiger partial charge >= 0.3 is 5.97 Å². The van der Waals surface area contributed by atoms with Gasteiger partial charge in [-0.25, -0.2) is 4.79 Å². The maximum atomic E-state index is 10.1. The van der Waals surface area contributed by atoms with Gasteiger partial charge in [-0.05, 0) is 19.3 Å². The first-order valence-electron chi connectivity index (χ1n) is 3.77. The van der Waals surface area contributed by atoms with E-state index in [0.717, 1.165) is 0 Å². The van der Waals surface area contributed by atoms with Gasteiger partial charge in [0.15, 0.2) is 6.10 Å². The molecule has 0 aromatic carbocycles. The number of carbonyl (C=O) groups is 1. The third-order valence-corrected chi connectivity index (χ3v) is 1.52. The molecule has 5 nitrogen and oxygen atoms in total. The van der Waals surface area contributed by atoms with E-state index in [2.05, 4.69) is 0 Å². The van der Waals surface area contributed by atoms with Crippen LogP contribution in [0.3, 0.4) is 0 Å². The van der Waals surface area contributed by atoms with Crippen molar-refractivity contribution in [1.29, 1.82) is 0 Å². The maximum Gasteiger partial charge on any atom is 0.332 e. The summed E-state index contributed by atoms with van der Waals surface area (Å²) < 4.78 is 0. The van der Waals surface area contributed by atoms with E-state index in [9.17, 15) is 4.79 Å². The first-order chi connectivity index (χ1) is 5.57. The molecule has 0 rings (SSSR count). The number of aliphatic hydroxyl groups is 3. The molecule has 0 aliphatic carbocycles. The third-order valence-electron chi connectivity index (χ3n) is 1.52. The molecule has 0 aliphatic rings. The third kappa shape index (κ3) is 5.06. The van der Waals surface area contributed by atoms with E-state index in [-0.39, 0.29) is 25.9 Å². The van der Waals surface area contributed by atoms with Crippen LogP contribution in [0.25, 0.3) is 0 Å². The van der Waals surface area contributed by atoms with Crippen molar-refractivity contribution in [3.05, 3.63) is 0 Å². The molecule has 0 radical (unpaired) electrons. The van der Waals surface area contributed by atoms with Crippen LogP contribution in [-0.4, -0.2) is 45.2 Å². The zero-order valence-corrected chi connectivity index (χ0v) is 6.68. The number of rotatable bonds is 6. The first kappa shape index (κ1) is 11.4. The molecule has 0 spiro atoms. The van der Waals surface area contributed by atoms with Gasteiger partial charge in [-0.2, -0.15) is 0 Å². The zero-order valence-electron chi connectivity index (χ0n) is 6.68. The van der Waals surface area contributed by atoms with Crippen LogP contribution < -0.4 is 0 Å². The Morgan fingerprint density at radius 2 is 1.75 bits per heavy atom. The molecule has 2 atom stereocenters. The molecule has 0 amide bonds. The van der Waals surface area contributed by atoms with Crippen LogP contribution in [0.1, 0.15) is 19.3 Å². The van der Waals surface area contributed by atoms with Gasteiger partial charge in [0.25, 0.3) is 0 Å². The molecule has 12 heavy (non-hydrogen) atoms. The molecular formula is C7H14O5. The smallest absolute Gasteiger partial charge is 0.332 e. The van der Waals surface area contributed by atoms with Crippen LogP contribution in [0.4, 0.5) is 0 Å². The fourth-order valence-electron chi connectivity index (χ4n) is 0.767. The highest BCUT2D eigenvalue weighted by Crippen LogP contribution is 2.04. The summed E-state index contributed by atoms with van der Waals surface area (Å²) in [5, 5.41) is 34.4. The van der Waals surface area contributed by atoms with E-state index >= 15 is 0 Å². The molecule has 0 saturated carbocycles. The molecule has 4 N–H and O–H groups in total. The Kier molecular flexibility index (Phi) is 5.61. The summed E-state index contributed by atoms with van der Waals surface area (Å²) in [7, 11) is 0. The first-order valence-corrected chi connectivity index (χ1v) is 3.77. The Labute approximate surface area is 70.3 Å². The number of aliphatic carboxylic acids is 1. The SMILES string of the molecule is O=C(O)C(O)CCC(O)CCO. The second kappa shape index (κ2) is 5.93. The van der Waals surface area contributed by atoms with Crippen molar-refractivity contribution in [2.24, 2.45) is 0 Å². The number of carboxylic acid groups (broad SMARTS) is 1. The predicted octanol–water partition coefficient (Wildman–Crippen LogP) is -1.04. The highest BCUT2D eigenvalue weighted by Gasteiger charge is 2.14. The van der Waals surface area contributed by atoms with Crippen molar-refractivity contribution in [2.75, 3.05) is 6.61 Å². The van der Waals surface area contributed by atoms with Gasteiger partial charge in [0, 0.05) is 6.61 Å². The lowest BCUT2D eigenvalue weighted by molar-refractivity contribution is -0.147. The summed E-state index contributed by atoms with van der Waals surface area (Å²) >= 11 is 0. The average Bonchev–Trinajstić information content (AvgIpc) is 2.00. The molecular weight excluding hydrogens is 164 g/mol. The van der Waals surface area contributed by atoms with Crippen LogP contribution in [0.2, 0.25) is 0 Å². The standard InChI is InChI=1S/C7H14O5/c8-4-3-5(9)1-2-6(10)7(11)12/h5-6,8-10H,1-4H2,(H,11,12). The lowest BCUT2D eigenvalue weighted by atomic mass is 10.1. The van der Waals surface area contributed by atoms with Crippen molar-refractivity contribution in [1.82, 2.24) is 0 Å². The number of hydrogen-bond acceptors (Lipinski definition) is 4. The Hall–Kier alpha value is -0.650. The Morgan fingerprint density at radius 3 is 2.17 bits per heavy atom. The topological polar surface area (TPSA) is 98.0 Å². The summed E-state index contributed by atoms with van der Waals surface area (Å²) in [6.45, 7) is -0.135. The van der Waals surface area contributed by atoms with Gasteiger partial charge in [-0.15, -0.1) is 0 Å². The van der Waals surface area contributed by atoms with Crippen molar-refractivity contribution in [3.8, 4) is 0 Å². The molecule has 2 unspecified atom stereocenters. The van der Waals surface area contributed by atoms with Crippen LogP contribution >= 0.6 is 0 Å². The number of carboxylic acids is 1. The fourth-order valence-corrected chi connectivity index (χ4v) is 0.767. The fraction of sp³-hybridized carbons (Fsp3) is 0.857. The maximum absolute atomic E-state index is 10.1. The van der Waals surface area contributed by atoms with Crippen molar-refractivity contribution < 1.29 is 25.2 Å². The van der Waals surface area contributed by atoms with Gasteiger partial charge in [0.2, 0.25) is 0 Å². The number of hydrogen-bond donors (Lipinski definition) is 4. The van der Waals surface area contributed by atoms with E-state index < -0.39 is 18.2 Å². The van der Waals surface area contributed by atoms with E-state index in [0.29, 0.717) is 0 Å². The van der Waals surface area contributed by atoms with Crippen LogP contribution in [0, 0.1) is 0 Å². The monoisotopic (exact) mass is 178 g/mol. The normalized spacial score (nSPS) is 15.6. The second-order valence-electron chi connectivity index (χ2n) is 2.60.